The number of carbonyl (C=O) groups excluding carboxylic acids is 12. The third-order valence-electron chi connectivity index (χ3n) is 21.3. The van der Waals surface area contributed by atoms with Gasteiger partial charge in [0.05, 0.1) is 55.4 Å². The number of aromatic nitrogens is 5. The maximum atomic E-state index is 15.3. The molecule has 6 aromatic rings. The highest BCUT2D eigenvalue weighted by Crippen LogP contribution is 2.28. The number of para-hydroxylation sites is 2. The Balaban J connectivity index is 1.06. The maximum absolute atomic E-state index is 15.3. The number of hydrogen-bond acceptors (Lipinski definition) is 19. The third-order valence-corrected chi connectivity index (χ3v) is 22.0. The van der Waals surface area contributed by atoms with Crippen molar-refractivity contribution < 1.29 is 82.1 Å². The lowest BCUT2D eigenvalue weighted by atomic mass is 9.88. The van der Waals surface area contributed by atoms with Crippen LogP contribution in [0, 0.1) is 41.4 Å². The number of guanidine groups is 1. The van der Waals surface area contributed by atoms with Crippen molar-refractivity contribution in [1.29, 1.82) is 0 Å². The molecule has 0 aliphatic carbocycles. The van der Waals surface area contributed by atoms with Crippen LogP contribution >= 0.6 is 11.8 Å². The number of amides is 7. The number of methoxy groups -OCH3 is 1. The Labute approximate surface area is 698 Å². The molecule has 1 saturated heterocycles. The number of carboxylic acid groups (broad SMARTS) is 2. The van der Waals surface area contributed by atoms with Crippen molar-refractivity contribution in [2.24, 2.45) is 57.9 Å². The van der Waals surface area contributed by atoms with Gasteiger partial charge in [0.25, 0.3) is 0 Å². The summed E-state index contributed by atoms with van der Waals surface area (Å²) in [5.74, 6) is -15.7. The minimum Gasteiger partial charge on any atom is -0.481 e. The van der Waals surface area contributed by atoms with Gasteiger partial charge in [-0.1, -0.05) is 120 Å². The van der Waals surface area contributed by atoms with Gasteiger partial charge in [-0.25, -0.2) is 9.48 Å². The van der Waals surface area contributed by atoms with Gasteiger partial charge in [-0.15, -0.1) is 5.10 Å². The van der Waals surface area contributed by atoms with E-state index in [1.807, 2.05) is 44.4 Å². The van der Waals surface area contributed by atoms with Gasteiger partial charge in [0, 0.05) is 136 Å². The number of nitrogens with two attached hydrogens (primary N) is 2. The summed E-state index contributed by atoms with van der Waals surface area (Å²) in [5.41, 5.74) is 15.3. The zero-order valence-electron chi connectivity index (χ0n) is 69.6. The molecular weight excluding hydrogens is 1550 g/mol. The molecule has 4 heterocycles. The molecule has 1 aliphatic rings. The number of ether oxygens (including phenoxy) is 1. The van der Waals surface area contributed by atoms with Crippen LogP contribution in [0.3, 0.4) is 0 Å². The molecule has 7 rings (SSSR count). The molecule has 646 valence electrons. The van der Waals surface area contributed by atoms with Crippen molar-refractivity contribution in [2.45, 2.75) is 219 Å². The lowest BCUT2D eigenvalue weighted by molar-refractivity contribution is -0.144. The first-order valence-electron chi connectivity index (χ1n) is 41.0. The molecule has 0 radical (unpaired) electrons. The summed E-state index contributed by atoms with van der Waals surface area (Å²) in [5, 5.41) is 46.6. The molecule has 3 aromatic carbocycles. The Bertz CT molecular complexity index is 4490. The average molecular weight is 1670 g/mol. The van der Waals surface area contributed by atoms with E-state index in [1.165, 1.54) is 23.6 Å². The number of carbonyl (C=O) groups is 14. The number of nitrogens with one attached hydrogen (secondary N) is 8. The Morgan fingerprint density at radius 3 is 1.71 bits per heavy atom. The summed E-state index contributed by atoms with van der Waals surface area (Å²) in [6.45, 7) is 13.5. The maximum Gasteiger partial charge on any atom is 0.326 e. The second-order valence-corrected chi connectivity index (χ2v) is 33.2. The molecule has 14 N–H and O–H groups in total. The number of aromatic amines is 2. The highest BCUT2D eigenvalue weighted by molar-refractivity contribution is 7.98. The molecule has 0 unspecified atom stereocenters. The van der Waals surface area contributed by atoms with Crippen LogP contribution in [-0.2, 0) is 104 Å². The van der Waals surface area contributed by atoms with Gasteiger partial charge in [-0.2, -0.15) is 11.8 Å². The molecule has 11 atom stereocenters. The number of thioether (sulfide) groups is 1. The number of benzene rings is 3. The predicted molar refractivity (Wildman–Crippen MR) is 450 cm³/mol. The van der Waals surface area contributed by atoms with Gasteiger partial charge >= 0.3 is 11.9 Å². The van der Waals surface area contributed by atoms with Crippen LogP contribution in [0.4, 0.5) is 0 Å². The lowest BCUT2D eigenvalue weighted by Crippen LogP contribution is -2.56. The molecule has 119 heavy (non-hydrogen) atoms. The Morgan fingerprint density at radius 2 is 1.13 bits per heavy atom. The number of rotatable bonds is 54. The Kier molecular flexibility index (Phi) is 38.1. The van der Waals surface area contributed by atoms with Gasteiger partial charge in [0.1, 0.15) is 23.9 Å². The molecule has 1 fully saturated rings. The van der Waals surface area contributed by atoms with E-state index < -0.39 is 180 Å². The number of fused-ring (bicyclic) bond motifs is 2. The van der Waals surface area contributed by atoms with Gasteiger partial charge in [0.15, 0.2) is 29.1 Å². The van der Waals surface area contributed by atoms with Crippen LogP contribution < -0.4 is 43.4 Å². The molecule has 0 saturated carbocycles. The summed E-state index contributed by atoms with van der Waals surface area (Å²) in [6, 6.07) is 14.7. The van der Waals surface area contributed by atoms with E-state index in [9.17, 15) is 58.2 Å². The molecule has 33 heteroatoms. The van der Waals surface area contributed by atoms with Crippen molar-refractivity contribution in [3.05, 3.63) is 120 Å². The van der Waals surface area contributed by atoms with Crippen LogP contribution in [0.5, 0.6) is 0 Å². The molecule has 7 amide bonds. The van der Waals surface area contributed by atoms with Crippen molar-refractivity contribution in [3.63, 3.8) is 0 Å². The fraction of sp³-hybridized carbons (Fsp3) is 0.547. The average Bonchev–Trinajstić information content (AvgIpc) is 1.71. The molecule has 0 spiro atoms. The summed E-state index contributed by atoms with van der Waals surface area (Å²) in [6.07, 6.45) is 5.17. The minimum atomic E-state index is -1.55. The normalized spacial score (nSPS) is 15.3. The summed E-state index contributed by atoms with van der Waals surface area (Å²) in [4.78, 5) is 210. The molecule has 3 aromatic heterocycles. The number of ketones is 5. The number of likely N-dealkylation sites (tertiary alicyclic amines) is 1. The van der Waals surface area contributed by atoms with E-state index in [2.05, 4.69) is 57.2 Å². The number of aliphatic carboxylic acids is 2. The first-order chi connectivity index (χ1) is 56.7. The largest absolute Gasteiger partial charge is 0.481 e. The highest BCUT2D eigenvalue weighted by Gasteiger charge is 2.42. The number of aliphatic imine (C=N–C) groups is 1. The number of H-pyrrole nitrogens is 2. The van der Waals surface area contributed by atoms with Gasteiger partial charge in [-0.3, -0.25) is 67.3 Å². The van der Waals surface area contributed by atoms with Crippen LogP contribution in [0.25, 0.3) is 21.8 Å². The van der Waals surface area contributed by atoms with E-state index in [4.69, 9.17) is 16.2 Å². The topological polar surface area (TPSA) is 491 Å². The fourth-order valence-corrected chi connectivity index (χ4v) is 15.3. The van der Waals surface area contributed by atoms with Crippen LogP contribution in [0.15, 0.2) is 102 Å². The lowest BCUT2D eigenvalue weighted by Gasteiger charge is -2.31. The minimum absolute atomic E-state index is 0.0347. The summed E-state index contributed by atoms with van der Waals surface area (Å²) in [7, 11) is 1.58. The Hall–Kier alpha value is -11.0. The summed E-state index contributed by atoms with van der Waals surface area (Å²) < 4.78 is 6.70. The number of Topliss-reactive ketones (excluding diaryl/α,β-unsaturated/α-hetero) is 5. The second-order valence-electron chi connectivity index (χ2n) is 32.2. The first-order valence-corrected chi connectivity index (χ1v) is 42.4. The molecular formula is C86H119N15O17S. The van der Waals surface area contributed by atoms with Crippen molar-refractivity contribution in [3.8, 4) is 0 Å². The van der Waals surface area contributed by atoms with Gasteiger partial charge in [0.2, 0.25) is 41.4 Å². The predicted octanol–water partition coefficient (Wildman–Crippen LogP) is 6.23. The number of nitrogens with zero attached hydrogens (tertiary/aromatic N) is 5. The first kappa shape index (κ1) is 95.2. The zero-order chi connectivity index (χ0) is 87.0. The zero-order valence-corrected chi connectivity index (χ0v) is 70.4. The SMILES string of the molecule is COCCn1cc(CCC(=O)CCC(=O)N[C@H](C(=O)N2CCC[C@H]2C(=O)N[C@H](CC(C)C)C(=O)C[C@@H](CCCN=C(N)N)C(=O)N[C@@H](Cc2ccccc2)C(=O)C[C@@H](CCSC)C(=O)N[C@@H](Cc2c[nH]c3ccccc23)C(=O)C[C@@H](C)C(=O)N[C@@H](CC(C)C)C(=O)C[C@@H](CC(=O)O)C(=O)N[C@@H](Cc2c[nH]c3ccccc23)C(=O)O)C(C)C)nn1. The van der Waals surface area contributed by atoms with Crippen molar-refractivity contribution >= 4 is 122 Å². The van der Waals surface area contributed by atoms with E-state index in [-0.39, 0.29) is 114 Å². The third kappa shape index (κ3) is 30.4. The monoisotopic (exact) mass is 1670 g/mol. The van der Waals surface area contributed by atoms with Crippen LogP contribution in [0.2, 0.25) is 0 Å². The van der Waals surface area contributed by atoms with Crippen molar-refractivity contribution in [2.75, 3.05) is 38.8 Å². The van der Waals surface area contributed by atoms with E-state index in [1.54, 1.807) is 113 Å². The Morgan fingerprint density at radius 1 is 0.605 bits per heavy atom. The molecule has 32 nitrogen and oxygen atoms in total. The summed E-state index contributed by atoms with van der Waals surface area (Å²) >= 11 is 1.41. The van der Waals surface area contributed by atoms with Gasteiger partial charge < -0.3 is 73.2 Å². The van der Waals surface area contributed by atoms with Crippen LogP contribution in [-0.4, -0.2) is 209 Å². The standard InChI is InChI=1S/C86H119N15O17S/c1-50(2)37-66(75(106)45-57(46-77(108)109)82(113)96-70(85(116)117)42-59-48-91-65-25-16-14-23-63(59)65)92-79(110)53(7)39-72(103)69(41-58-47-90-64-24-15-13-22-62(58)64)94-81(112)56(31-36-119-9)44-74(105)68(40-54-19-11-10-12-20-54)93-80(111)55(21-17-32-89-86(87)88)43-73(104)67(38-51(3)4)95-83(114)71-26-18-33-101(71)84(115)78(52(5)6)97-76(107)30-29-61(102)28-27-60-49-100(99-98-60)34-35-118-8/h10-16,19-20,22-25,47-53,55-57,66-71,78,90-91H,17-18,21,26-46H2,1-9H3,(H,92,110)(H,93,111)(H,94,112)(H,95,114)(H,96,113)(H,97,107)(H,108,109)(H,116,117)(H4,87,88,89)/t53-,55-,56-,57+,66+,67-,68+,69+,70+,71+,78+/m1/s1. The highest BCUT2D eigenvalue weighted by atomic mass is 32.2. The number of carboxylic acids is 2. The fourth-order valence-electron chi connectivity index (χ4n) is 14.8. The van der Waals surface area contributed by atoms with E-state index in [0.29, 0.717) is 54.1 Å². The second kappa shape index (κ2) is 47.6. The quantitative estimate of drug-likeness (QED) is 0.0114. The molecule has 0 bridgehead atoms. The van der Waals surface area contributed by atoms with Crippen LogP contribution in [0.1, 0.15) is 167 Å². The van der Waals surface area contributed by atoms with E-state index in [0.717, 1.165) is 21.8 Å². The molecule has 1 aliphatic heterocycles. The van der Waals surface area contributed by atoms with Gasteiger partial charge in [-0.05, 0) is 116 Å². The number of hydrogen-bond donors (Lipinski definition) is 12. The van der Waals surface area contributed by atoms with Crippen molar-refractivity contribution in [1.82, 2.24) is 61.8 Å². The van der Waals surface area contributed by atoms with E-state index >= 15 is 19.2 Å². The smallest absolute Gasteiger partial charge is 0.326 e. The number of aryl methyl sites for hydroxylation is 1.